The van der Waals surface area contributed by atoms with E-state index in [9.17, 15) is 15.3 Å². The van der Waals surface area contributed by atoms with Crippen LogP contribution in [-0.4, -0.2) is 72.8 Å². The molecular formula is C21H34N6O4. The average molecular weight is 435 g/mol. The molecule has 0 aromatic carbocycles. The van der Waals surface area contributed by atoms with Gasteiger partial charge in [-0.25, -0.2) is 4.98 Å². The fourth-order valence-electron chi connectivity index (χ4n) is 4.43. The predicted octanol–water partition coefficient (Wildman–Crippen LogP) is 1.64. The molecule has 1 aliphatic carbocycles. The van der Waals surface area contributed by atoms with Crippen molar-refractivity contribution in [2.24, 2.45) is 5.92 Å². The fourth-order valence-corrected chi connectivity index (χ4v) is 4.43. The van der Waals surface area contributed by atoms with Crippen LogP contribution < -0.4 is 10.6 Å². The van der Waals surface area contributed by atoms with E-state index in [1.807, 2.05) is 0 Å². The lowest BCUT2D eigenvalue weighted by atomic mass is 9.89. The first-order chi connectivity index (χ1) is 15.1. The van der Waals surface area contributed by atoms with Gasteiger partial charge in [0, 0.05) is 13.1 Å². The minimum absolute atomic E-state index is 0.381. The van der Waals surface area contributed by atoms with Crippen LogP contribution in [0.15, 0.2) is 6.33 Å². The molecule has 0 amide bonds. The second-order valence-electron chi connectivity index (χ2n) is 8.61. The highest BCUT2D eigenvalue weighted by Gasteiger charge is 2.44. The van der Waals surface area contributed by atoms with Crippen LogP contribution in [-0.2, 0) is 4.74 Å². The Morgan fingerprint density at radius 3 is 2.65 bits per heavy atom. The highest BCUT2D eigenvalue weighted by Crippen LogP contribution is 2.33. The quantitative estimate of drug-likeness (QED) is 0.373. The van der Waals surface area contributed by atoms with Gasteiger partial charge in [-0.15, -0.1) is 0 Å². The third kappa shape index (κ3) is 4.77. The standard InChI is InChI=1S/C21H34N6O4/c1-2-3-9-22-18-15-19(26-21(25-18)23-10-13-7-5-4-6-8-13)27(12-24-15)20-17(30)16(29)14(11-28)31-20/h12-14,16-17,20,28-30H,2-11H2,1H3,(H2,22,23,25,26)/t14-,16-,17-,20?/m1/s1. The number of aromatic nitrogens is 4. The van der Waals surface area contributed by atoms with Crippen molar-refractivity contribution in [2.75, 3.05) is 30.3 Å². The average Bonchev–Trinajstić information content (AvgIpc) is 3.34. The lowest BCUT2D eigenvalue weighted by molar-refractivity contribution is -0.0511. The van der Waals surface area contributed by atoms with Crippen LogP contribution in [0.2, 0.25) is 0 Å². The van der Waals surface area contributed by atoms with E-state index in [4.69, 9.17) is 4.74 Å². The number of ether oxygens (including phenoxy) is 1. The number of rotatable bonds is 9. The summed E-state index contributed by atoms with van der Waals surface area (Å²) in [6, 6.07) is 0. The fraction of sp³-hybridized carbons (Fsp3) is 0.762. The second kappa shape index (κ2) is 10.1. The molecule has 5 N–H and O–H groups in total. The summed E-state index contributed by atoms with van der Waals surface area (Å²) < 4.78 is 7.30. The number of aliphatic hydroxyl groups excluding tert-OH is 3. The maximum absolute atomic E-state index is 10.5. The van der Waals surface area contributed by atoms with Gasteiger partial charge in [-0.3, -0.25) is 4.57 Å². The zero-order chi connectivity index (χ0) is 21.8. The van der Waals surface area contributed by atoms with Gasteiger partial charge < -0.3 is 30.7 Å². The minimum Gasteiger partial charge on any atom is -0.394 e. The number of nitrogens with zero attached hydrogens (tertiary/aromatic N) is 4. The van der Waals surface area contributed by atoms with Crippen molar-refractivity contribution in [1.29, 1.82) is 0 Å². The largest absolute Gasteiger partial charge is 0.394 e. The van der Waals surface area contributed by atoms with Gasteiger partial charge in [0.25, 0.3) is 0 Å². The van der Waals surface area contributed by atoms with Gasteiger partial charge in [-0.1, -0.05) is 32.6 Å². The third-order valence-electron chi connectivity index (χ3n) is 6.31. The third-order valence-corrected chi connectivity index (χ3v) is 6.31. The molecule has 1 saturated carbocycles. The first kappa shape index (κ1) is 22.2. The predicted molar refractivity (Wildman–Crippen MR) is 117 cm³/mol. The normalized spacial score (nSPS) is 27.1. The van der Waals surface area contributed by atoms with Crippen LogP contribution >= 0.6 is 0 Å². The lowest BCUT2D eigenvalue weighted by Gasteiger charge is -2.22. The van der Waals surface area contributed by atoms with Crippen LogP contribution in [0.3, 0.4) is 0 Å². The molecule has 2 aromatic heterocycles. The number of hydrogen-bond acceptors (Lipinski definition) is 9. The molecule has 3 heterocycles. The van der Waals surface area contributed by atoms with E-state index in [0.29, 0.717) is 28.8 Å². The number of nitrogens with one attached hydrogen (secondary N) is 2. The van der Waals surface area contributed by atoms with E-state index < -0.39 is 24.5 Å². The molecule has 4 rings (SSSR count). The van der Waals surface area contributed by atoms with Gasteiger partial charge in [0.1, 0.15) is 18.3 Å². The van der Waals surface area contributed by atoms with Crippen molar-refractivity contribution in [3.8, 4) is 0 Å². The molecule has 2 aromatic rings. The molecule has 10 heteroatoms. The molecule has 10 nitrogen and oxygen atoms in total. The molecule has 1 saturated heterocycles. The van der Waals surface area contributed by atoms with Crippen LogP contribution in [0, 0.1) is 5.92 Å². The van der Waals surface area contributed by atoms with Gasteiger partial charge in [0.2, 0.25) is 5.95 Å². The number of aliphatic hydroxyl groups is 3. The molecule has 0 spiro atoms. The van der Waals surface area contributed by atoms with Gasteiger partial charge in [-0.05, 0) is 25.2 Å². The summed E-state index contributed by atoms with van der Waals surface area (Å²) in [6.07, 6.45) is 5.78. The molecule has 31 heavy (non-hydrogen) atoms. The lowest BCUT2D eigenvalue weighted by Crippen LogP contribution is -2.33. The monoisotopic (exact) mass is 434 g/mol. The molecule has 4 atom stereocenters. The Kier molecular flexibility index (Phi) is 7.21. The summed E-state index contributed by atoms with van der Waals surface area (Å²) in [5.41, 5.74) is 1.09. The van der Waals surface area contributed by atoms with Gasteiger partial charge in [0.05, 0.1) is 12.9 Å². The van der Waals surface area contributed by atoms with Crippen LogP contribution in [0.4, 0.5) is 11.8 Å². The van der Waals surface area contributed by atoms with E-state index in [-0.39, 0.29) is 6.61 Å². The second-order valence-corrected chi connectivity index (χ2v) is 8.61. The molecule has 0 bridgehead atoms. The Morgan fingerprint density at radius 1 is 1.13 bits per heavy atom. The number of imidazole rings is 1. The summed E-state index contributed by atoms with van der Waals surface area (Å²) in [6.45, 7) is 3.34. The molecule has 1 aliphatic heterocycles. The molecule has 0 radical (unpaired) electrons. The van der Waals surface area contributed by atoms with Crippen molar-refractivity contribution < 1.29 is 20.1 Å². The Hall–Kier alpha value is -2.01. The van der Waals surface area contributed by atoms with Crippen molar-refractivity contribution in [1.82, 2.24) is 19.5 Å². The van der Waals surface area contributed by atoms with E-state index in [1.165, 1.54) is 38.4 Å². The van der Waals surface area contributed by atoms with Crippen LogP contribution in [0.1, 0.15) is 58.1 Å². The molecule has 2 aliphatic rings. The van der Waals surface area contributed by atoms with E-state index >= 15 is 0 Å². The Morgan fingerprint density at radius 2 is 1.94 bits per heavy atom. The Balaban J connectivity index is 1.62. The molecular weight excluding hydrogens is 400 g/mol. The highest BCUT2D eigenvalue weighted by atomic mass is 16.6. The smallest absolute Gasteiger partial charge is 0.226 e. The Bertz CT molecular complexity index is 856. The van der Waals surface area contributed by atoms with E-state index in [1.54, 1.807) is 4.57 Å². The van der Waals surface area contributed by atoms with Crippen molar-refractivity contribution in [2.45, 2.75) is 76.4 Å². The summed E-state index contributed by atoms with van der Waals surface area (Å²) in [5, 5.41) is 36.8. The van der Waals surface area contributed by atoms with E-state index in [0.717, 1.165) is 25.9 Å². The SMILES string of the molecule is CCCCNc1nc(NCC2CCCCC2)nc2c1ncn2C1O[C@H](CO)[C@@H](O)[C@H]1O. The maximum Gasteiger partial charge on any atom is 0.226 e. The van der Waals surface area contributed by atoms with Crippen LogP contribution in [0.25, 0.3) is 11.2 Å². The number of unbranched alkanes of at least 4 members (excludes halogenated alkanes) is 1. The zero-order valence-electron chi connectivity index (χ0n) is 18.1. The van der Waals surface area contributed by atoms with Crippen molar-refractivity contribution >= 4 is 22.9 Å². The summed E-state index contributed by atoms with van der Waals surface area (Å²) in [4.78, 5) is 13.8. The topological polar surface area (TPSA) is 138 Å². The van der Waals surface area contributed by atoms with Crippen molar-refractivity contribution in [3.63, 3.8) is 0 Å². The molecule has 2 fully saturated rings. The number of anilines is 2. The summed E-state index contributed by atoms with van der Waals surface area (Å²) >= 11 is 0. The van der Waals surface area contributed by atoms with Gasteiger partial charge in [0.15, 0.2) is 23.2 Å². The minimum atomic E-state index is -1.19. The summed E-state index contributed by atoms with van der Waals surface area (Å²) in [7, 11) is 0. The first-order valence-corrected chi connectivity index (χ1v) is 11.5. The van der Waals surface area contributed by atoms with Crippen LogP contribution in [0.5, 0.6) is 0 Å². The van der Waals surface area contributed by atoms with Gasteiger partial charge in [-0.2, -0.15) is 9.97 Å². The van der Waals surface area contributed by atoms with E-state index in [2.05, 4.69) is 32.5 Å². The highest BCUT2D eigenvalue weighted by molar-refractivity contribution is 5.84. The van der Waals surface area contributed by atoms with Gasteiger partial charge >= 0.3 is 0 Å². The summed E-state index contributed by atoms with van der Waals surface area (Å²) in [5.74, 6) is 1.76. The Labute approximate surface area is 182 Å². The molecule has 1 unspecified atom stereocenters. The zero-order valence-corrected chi connectivity index (χ0v) is 18.1. The van der Waals surface area contributed by atoms with Crippen molar-refractivity contribution in [3.05, 3.63) is 6.33 Å². The first-order valence-electron chi connectivity index (χ1n) is 11.5. The molecule has 172 valence electrons. The number of fused-ring (bicyclic) bond motifs is 1. The number of hydrogen-bond donors (Lipinski definition) is 5. The maximum atomic E-state index is 10.5.